The number of fused-ring (bicyclic) bond motifs is 30. The molecule has 0 bridgehead atoms. The van der Waals surface area contributed by atoms with Crippen molar-refractivity contribution in [2.45, 2.75) is 37.0 Å². The number of hydrogen-bond acceptors (Lipinski definition) is 4. The van der Waals surface area contributed by atoms with Gasteiger partial charge in [0, 0.05) is 55.4 Å². The summed E-state index contributed by atoms with van der Waals surface area (Å²) in [5, 5.41) is 4.42. The number of hydrogen-bond donors (Lipinski definition) is 0. The molecule has 0 saturated carbocycles. The average molecular weight is 1440 g/mol. The standard InChI is InChI=1S/C108H69BN2O2/c1-106(2,3)70-62-99-105-100(63-70)111(96-41-21-11-25-72(96)69-45-51-80-78-31-9-19-39-90(78)108(92(80)59-69)87-36-16-6-28-75(87)76-29-7-17-37-88(76)108)98-61-67(65-49-55-104-84(57-65)82-33-13-23-43-102(82)113-104)47-53-94(98)109(105)93-52-46-66(64-48-54-103-83(56-64)81-32-12-22-42-101(81)112-103)60-97(93)110(99)95-40-20-10-24-71(95)68-44-50-79-77-30-8-18-38-89(77)107(91(79)58-68)85-34-14-4-26-73(85)74-27-5-15-35-86(74)107/h4-63H,1-3H3. The monoisotopic (exact) mass is 1440 g/mol. The second kappa shape index (κ2) is 22.8. The SMILES string of the molecule is CC(C)(C)c1cc2c3c(c1)N(c1ccccc1-c1ccc4c(c1)C1(c5ccccc5-c5ccccc51)c1ccccc1-4)c1cc(-c4ccc5oc6ccccc6c5c4)ccc1B3c1ccc(-c3ccc4oc5ccccc5c4c3)cc1N2c1ccccc1-c1ccc2c(c1)C1(c3ccccc3-c3ccccc31)c1ccccc1-2. The highest BCUT2D eigenvalue weighted by Gasteiger charge is 2.54. The van der Waals surface area contributed by atoms with Gasteiger partial charge in [0.2, 0.25) is 0 Å². The van der Waals surface area contributed by atoms with Crippen LogP contribution in [0.2, 0.25) is 0 Å². The molecule has 113 heavy (non-hydrogen) atoms. The van der Waals surface area contributed by atoms with E-state index >= 15 is 0 Å². The van der Waals surface area contributed by atoms with Crippen molar-refractivity contribution >= 4 is 101 Å². The number of furan rings is 2. The summed E-state index contributed by atoms with van der Waals surface area (Å²) < 4.78 is 13.1. The van der Waals surface area contributed by atoms with E-state index in [-0.39, 0.29) is 12.1 Å². The highest BCUT2D eigenvalue weighted by molar-refractivity contribution is 7.00. The lowest BCUT2D eigenvalue weighted by molar-refractivity contribution is 0.590. The van der Waals surface area contributed by atoms with E-state index in [2.05, 4.69) is 395 Å². The Balaban J connectivity index is 0.753. The van der Waals surface area contributed by atoms with Crippen LogP contribution in [0.3, 0.4) is 0 Å². The van der Waals surface area contributed by atoms with Crippen molar-refractivity contribution in [3.63, 3.8) is 0 Å². The fourth-order valence-corrected chi connectivity index (χ4v) is 21.5. The molecule has 2 spiro atoms. The van der Waals surface area contributed by atoms with Crippen LogP contribution in [0.1, 0.15) is 70.8 Å². The van der Waals surface area contributed by atoms with Crippen LogP contribution in [0.25, 0.3) is 133 Å². The van der Waals surface area contributed by atoms with Crippen molar-refractivity contribution in [2.24, 2.45) is 0 Å². The molecule has 0 fully saturated rings. The third kappa shape index (κ3) is 8.40. The summed E-state index contributed by atoms with van der Waals surface area (Å²) >= 11 is 0. The minimum atomic E-state index is -0.529. The summed E-state index contributed by atoms with van der Waals surface area (Å²) in [7, 11) is 0. The molecule has 0 atom stereocenters. The molecule has 25 rings (SSSR count). The first-order chi connectivity index (χ1) is 55.7. The lowest BCUT2D eigenvalue weighted by atomic mass is 9.33. The van der Waals surface area contributed by atoms with Crippen molar-refractivity contribution in [2.75, 3.05) is 9.80 Å². The fraction of sp³-hybridized carbons (Fsp3) is 0.0556. The van der Waals surface area contributed by atoms with Gasteiger partial charge in [0.1, 0.15) is 22.3 Å². The lowest BCUT2D eigenvalue weighted by Gasteiger charge is -2.46. The Morgan fingerprint density at radius 3 is 0.912 bits per heavy atom. The van der Waals surface area contributed by atoms with Crippen LogP contribution in [0, 0.1) is 0 Å². The summed E-state index contributed by atoms with van der Waals surface area (Å²) in [5.74, 6) is 0. The number of para-hydroxylation sites is 4. The highest BCUT2D eigenvalue weighted by Crippen LogP contribution is 2.66. The van der Waals surface area contributed by atoms with E-state index in [0.29, 0.717) is 0 Å². The first kappa shape index (κ1) is 62.9. The number of rotatable bonds is 6. The zero-order valence-electron chi connectivity index (χ0n) is 62.4. The number of benzene rings is 17. The molecule has 526 valence electrons. The zero-order valence-corrected chi connectivity index (χ0v) is 62.4. The maximum absolute atomic E-state index is 6.53. The molecule has 5 heteroatoms. The van der Waals surface area contributed by atoms with E-state index < -0.39 is 10.8 Å². The van der Waals surface area contributed by atoms with Gasteiger partial charge in [-0.3, -0.25) is 0 Å². The lowest BCUT2D eigenvalue weighted by Crippen LogP contribution is -2.61. The molecular formula is C108H69BN2O2. The maximum Gasteiger partial charge on any atom is 0.252 e. The van der Waals surface area contributed by atoms with Gasteiger partial charge >= 0.3 is 0 Å². The first-order valence-electron chi connectivity index (χ1n) is 39.6. The normalized spacial score (nSPS) is 14.2. The molecule has 17 aromatic carbocycles. The maximum atomic E-state index is 6.53. The minimum Gasteiger partial charge on any atom is -0.456 e. The molecule has 0 N–H and O–H groups in total. The van der Waals surface area contributed by atoms with Crippen LogP contribution in [-0.2, 0) is 16.2 Å². The molecule has 0 radical (unpaired) electrons. The van der Waals surface area contributed by atoms with Crippen molar-refractivity contribution in [1.82, 2.24) is 0 Å². The summed E-state index contributed by atoms with van der Waals surface area (Å²) in [6.45, 7) is 6.96. The second-order valence-corrected chi connectivity index (χ2v) is 32.8. The molecule has 0 saturated heterocycles. The average Bonchev–Trinajstić information content (AvgIpc) is 1.53. The highest BCUT2D eigenvalue weighted by atomic mass is 16.3. The summed E-state index contributed by atoms with van der Waals surface area (Å²) in [4.78, 5) is 5.34. The topological polar surface area (TPSA) is 32.8 Å². The van der Waals surface area contributed by atoms with Crippen LogP contribution >= 0.6 is 0 Å². The van der Waals surface area contributed by atoms with Crippen LogP contribution in [0.15, 0.2) is 373 Å². The molecule has 6 aliphatic rings. The van der Waals surface area contributed by atoms with E-state index in [0.717, 1.165) is 123 Å². The fourth-order valence-electron chi connectivity index (χ4n) is 21.5. The van der Waals surface area contributed by atoms with Gasteiger partial charge < -0.3 is 18.6 Å². The van der Waals surface area contributed by atoms with Crippen LogP contribution in [0.5, 0.6) is 0 Å². The Morgan fingerprint density at radius 1 is 0.230 bits per heavy atom. The predicted molar refractivity (Wildman–Crippen MR) is 468 cm³/mol. The molecule has 19 aromatic rings. The molecule has 4 nitrogen and oxygen atoms in total. The van der Waals surface area contributed by atoms with Gasteiger partial charge in [-0.2, -0.15) is 0 Å². The third-order valence-electron chi connectivity index (χ3n) is 26.3. The van der Waals surface area contributed by atoms with E-state index in [4.69, 9.17) is 8.83 Å². The van der Waals surface area contributed by atoms with Gasteiger partial charge in [-0.05, 0) is 235 Å². The van der Waals surface area contributed by atoms with Crippen molar-refractivity contribution < 1.29 is 8.83 Å². The van der Waals surface area contributed by atoms with Gasteiger partial charge in [-0.15, -0.1) is 0 Å². The van der Waals surface area contributed by atoms with Gasteiger partial charge in [0.05, 0.1) is 22.2 Å². The molecule has 0 amide bonds. The van der Waals surface area contributed by atoms with Crippen LogP contribution < -0.4 is 26.2 Å². The Labute approximate surface area is 655 Å². The smallest absolute Gasteiger partial charge is 0.252 e. The van der Waals surface area contributed by atoms with E-state index in [1.807, 2.05) is 0 Å². The van der Waals surface area contributed by atoms with Gasteiger partial charge in [-0.25, -0.2) is 0 Å². The molecule has 2 aromatic heterocycles. The summed E-state index contributed by atoms with van der Waals surface area (Å²) in [6, 6.07) is 138. The zero-order chi connectivity index (χ0) is 74.3. The molecular weight excluding hydrogens is 1370 g/mol. The van der Waals surface area contributed by atoms with Crippen molar-refractivity contribution in [3.05, 3.63) is 414 Å². The Hall–Kier alpha value is -14.0. The van der Waals surface area contributed by atoms with Crippen LogP contribution in [-0.4, -0.2) is 6.71 Å². The summed E-state index contributed by atoms with van der Waals surface area (Å²) in [6.07, 6.45) is 0. The second-order valence-electron chi connectivity index (χ2n) is 32.8. The van der Waals surface area contributed by atoms with Gasteiger partial charge in [0.15, 0.2) is 0 Å². The predicted octanol–water partition coefficient (Wildman–Crippen LogP) is 26.2. The molecule has 0 unspecified atom stereocenters. The summed E-state index contributed by atoms with van der Waals surface area (Å²) in [5.41, 5.74) is 43.8. The van der Waals surface area contributed by atoms with Gasteiger partial charge in [-0.1, -0.05) is 300 Å². The van der Waals surface area contributed by atoms with Crippen molar-refractivity contribution in [3.8, 4) is 89.0 Å². The number of anilines is 6. The third-order valence-corrected chi connectivity index (χ3v) is 26.3. The largest absolute Gasteiger partial charge is 0.456 e. The molecule has 2 aliphatic heterocycles. The quantitative estimate of drug-likeness (QED) is 0.155. The number of nitrogens with zero attached hydrogens (tertiary/aromatic N) is 2. The van der Waals surface area contributed by atoms with E-state index in [1.54, 1.807) is 0 Å². The van der Waals surface area contributed by atoms with E-state index in [1.165, 1.54) is 111 Å². The first-order valence-corrected chi connectivity index (χ1v) is 39.6. The van der Waals surface area contributed by atoms with Crippen LogP contribution in [0.4, 0.5) is 34.1 Å². The Bertz CT molecular complexity index is 6870. The molecule has 4 heterocycles. The van der Waals surface area contributed by atoms with E-state index in [9.17, 15) is 0 Å². The Kier molecular flexibility index (Phi) is 12.7. The minimum absolute atomic E-state index is 0.212. The van der Waals surface area contributed by atoms with Crippen molar-refractivity contribution in [1.29, 1.82) is 0 Å². The van der Waals surface area contributed by atoms with Gasteiger partial charge in [0.25, 0.3) is 6.71 Å². The Morgan fingerprint density at radius 2 is 0.531 bits per heavy atom. The molecule has 4 aliphatic carbocycles.